The van der Waals surface area contributed by atoms with Gasteiger partial charge in [0.1, 0.15) is 5.82 Å². The molecule has 0 saturated heterocycles. The van der Waals surface area contributed by atoms with Crippen LogP contribution in [0.5, 0.6) is 0 Å². The molecule has 0 unspecified atom stereocenters. The lowest BCUT2D eigenvalue weighted by Crippen LogP contribution is -2.24. The molecule has 0 saturated carbocycles. The van der Waals surface area contributed by atoms with E-state index in [1.54, 1.807) is 13.8 Å². The van der Waals surface area contributed by atoms with Gasteiger partial charge in [0, 0.05) is 20.5 Å². The number of amides is 1. The average Bonchev–Trinajstić information content (AvgIpc) is 2.37. The molecular weight excluding hydrogens is 381 g/mol. The molecule has 1 aromatic heterocycles. The smallest absolute Gasteiger partial charge is 0.254 e. The third kappa shape index (κ3) is 3.90. The Hall–Kier alpha value is -1.70. The van der Waals surface area contributed by atoms with Crippen LogP contribution in [0.4, 0.5) is 5.69 Å². The molecule has 0 aliphatic heterocycles. The topological polar surface area (TPSA) is 74.8 Å². The number of halogens is 1. The number of aromatic amines is 1. The highest BCUT2D eigenvalue weighted by Gasteiger charge is 2.12. The van der Waals surface area contributed by atoms with E-state index < -0.39 is 0 Å². The molecule has 0 fully saturated rings. The number of H-pyrrole nitrogens is 1. The Kier molecular flexibility index (Phi) is 4.76. The van der Waals surface area contributed by atoms with Crippen molar-refractivity contribution in [1.82, 2.24) is 9.97 Å². The van der Waals surface area contributed by atoms with Crippen molar-refractivity contribution in [1.29, 1.82) is 0 Å². The molecule has 0 aliphatic carbocycles. The quantitative estimate of drug-likeness (QED) is 0.782. The molecular formula is C15H16IN3O2. The van der Waals surface area contributed by atoms with E-state index in [2.05, 4.69) is 37.9 Å². The maximum atomic E-state index is 12.1. The summed E-state index contributed by atoms with van der Waals surface area (Å²) in [5, 5.41) is 2.83. The van der Waals surface area contributed by atoms with Crippen LogP contribution in [0.2, 0.25) is 0 Å². The third-order valence-corrected chi connectivity index (χ3v) is 3.81. The van der Waals surface area contributed by atoms with Crippen molar-refractivity contribution < 1.29 is 4.79 Å². The van der Waals surface area contributed by atoms with E-state index in [0.29, 0.717) is 17.1 Å². The van der Waals surface area contributed by atoms with Gasteiger partial charge in [-0.2, -0.15) is 0 Å². The van der Waals surface area contributed by atoms with Crippen molar-refractivity contribution in [3.63, 3.8) is 0 Å². The summed E-state index contributed by atoms with van der Waals surface area (Å²) in [5.41, 5.74) is 2.49. The molecule has 110 valence electrons. The number of nitrogens with zero attached hydrogens (tertiary/aromatic N) is 1. The lowest BCUT2D eigenvalue weighted by atomic mass is 10.1. The molecule has 0 radical (unpaired) electrons. The predicted molar refractivity (Wildman–Crippen MR) is 90.6 cm³/mol. The van der Waals surface area contributed by atoms with Gasteiger partial charge in [-0.15, -0.1) is 0 Å². The molecule has 2 rings (SSSR count). The Labute approximate surface area is 136 Å². The first-order chi connectivity index (χ1) is 9.86. The van der Waals surface area contributed by atoms with E-state index in [4.69, 9.17) is 0 Å². The summed E-state index contributed by atoms with van der Waals surface area (Å²) in [5.74, 6) is 0.327. The zero-order valence-corrected chi connectivity index (χ0v) is 14.2. The number of nitrogens with one attached hydrogen (secondary N) is 2. The molecule has 1 amide bonds. The first-order valence-electron chi connectivity index (χ1n) is 6.49. The van der Waals surface area contributed by atoms with Crippen LogP contribution in [-0.4, -0.2) is 15.9 Å². The van der Waals surface area contributed by atoms with Crippen LogP contribution in [0.3, 0.4) is 0 Å². The molecule has 2 aromatic rings. The number of aromatic nitrogens is 2. The van der Waals surface area contributed by atoms with E-state index in [0.717, 1.165) is 14.8 Å². The highest BCUT2D eigenvalue weighted by atomic mass is 127. The molecule has 0 bridgehead atoms. The maximum absolute atomic E-state index is 12.1. The van der Waals surface area contributed by atoms with Crippen molar-refractivity contribution >= 4 is 34.2 Å². The number of rotatable bonds is 3. The summed E-state index contributed by atoms with van der Waals surface area (Å²) in [6.45, 7) is 5.39. The molecule has 1 heterocycles. The van der Waals surface area contributed by atoms with E-state index in [1.807, 2.05) is 25.1 Å². The molecule has 0 spiro atoms. The number of carbonyl (C=O) groups is 1. The number of benzene rings is 1. The minimum atomic E-state index is -0.255. The Balaban J connectivity index is 2.18. The second kappa shape index (κ2) is 6.38. The number of anilines is 1. The van der Waals surface area contributed by atoms with Crippen LogP contribution < -0.4 is 10.9 Å². The molecule has 2 N–H and O–H groups in total. The van der Waals surface area contributed by atoms with Crippen LogP contribution in [0.1, 0.15) is 22.6 Å². The fourth-order valence-electron chi connectivity index (χ4n) is 2.08. The lowest BCUT2D eigenvalue weighted by Gasteiger charge is -2.09. The summed E-state index contributed by atoms with van der Waals surface area (Å²) >= 11 is 2.22. The van der Waals surface area contributed by atoms with Crippen molar-refractivity contribution in [3.05, 3.63) is 54.8 Å². The Morgan fingerprint density at radius 2 is 2.05 bits per heavy atom. The van der Waals surface area contributed by atoms with Gasteiger partial charge in [0.15, 0.2) is 0 Å². The predicted octanol–water partition coefficient (Wildman–Crippen LogP) is 2.48. The molecule has 0 aliphatic rings. The normalized spacial score (nSPS) is 10.5. The SMILES string of the molecule is Cc1nc(C)c(CC(=O)Nc2ccc(I)cc2C)c(=O)[nH]1. The van der Waals surface area contributed by atoms with Gasteiger partial charge in [0.2, 0.25) is 5.91 Å². The molecule has 0 atom stereocenters. The second-order valence-electron chi connectivity index (χ2n) is 4.90. The Bertz CT molecular complexity index is 753. The molecule has 21 heavy (non-hydrogen) atoms. The number of carbonyl (C=O) groups excluding carboxylic acids is 1. The first kappa shape index (κ1) is 15.7. The van der Waals surface area contributed by atoms with Gasteiger partial charge in [0.05, 0.1) is 6.42 Å². The minimum absolute atomic E-state index is 0.0138. The molecule has 6 heteroatoms. The van der Waals surface area contributed by atoms with E-state index in [1.165, 1.54) is 0 Å². The van der Waals surface area contributed by atoms with Gasteiger partial charge in [-0.05, 0) is 67.1 Å². The van der Waals surface area contributed by atoms with Crippen molar-refractivity contribution in [2.45, 2.75) is 27.2 Å². The largest absolute Gasteiger partial charge is 0.326 e. The second-order valence-corrected chi connectivity index (χ2v) is 6.15. The summed E-state index contributed by atoms with van der Waals surface area (Å²) < 4.78 is 1.11. The van der Waals surface area contributed by atoms with Gasteiger partial charge in [0.25, 0.3) is 5.56 Å². The van der Waals surface area contributed by atoms with E-state index >= 15 is 0 Å². The van der Waals surface area contributed by atoms with Crippen molar-refractivity contribution in [3.8, 4) is 0 Å². The third-order valence-electron chi connectivity index (χ3n) is 3.14. The number of hydrogen-bond donors (Lipinski definition) is 2. The summed E-state index contributed by atoms with van der Waals surface area (Å²) in [7, 11) is 0. The van der Waals surface area contributed by atoms with Gasteiger partial charge < -0.3 is 10.3 Å². The summed E-state index contributed by atoms with van der Waals surface area (Å²) in [6.07, 6.45) is 0.0138. The summed E-state index contributed by atoms with van der Waals surface area (Å²) in [4.78, 5) is 30.8. The number of aryl methyl sites for hydroxylation is 3. The Morgan fingerprint density at radius 1 is 1.33 bits per heavy atom. The van der Waals surface area contributed by atoms with Gasteiger partial charge in [-0.25, -0.2) is 4.98 Å². The Morgan fingerprint density at radius 3 is 2.67 bits per heavy atom. The standard InChI is InChI=1S/C15H16IN3O2/c1-8-6-11(16)4-5-13(8)19-14(20)7-12-9(2)17-10(3)18-15(12)21/h4-6H,7H2,1-3H3,(H,19,20)(H,17,18,21). The summed E-state index contributed by atoms with van der Waals surface area (Å²) in [6, 6.07) is 5.77. The van der Waals surface area contributed by atoms with Gasteiger partial charge in [-0.1, -0.05) is 0 Å². The van der Waals surface area contributed by atoms with Crippen LogP contribution in [0.25, 0.3) is 0 Å². The highest BCUT2D eigenvalue weighted by molar-refractivity contribution is 14.1. The van der Waals surface area contributed by atoms with Crippen molar-refractivity contribution in [2.24, 2.45) is 0 Å². The lowest BCUT2D eigenvalue weighted by molar-refractivity contribution is -0.115. The minimum Gasteiger partial charge on any atom is -0.326 e. The molecule has 1 aromatic carbocycles. The van der Waals surface area contributed by atoms with Crippen LogP contribution in [-0.2, 0) is 11.2 Å². The highest BCUT2D eigenvalue weighted by Crippen LogP contribution is 2.18. The zero-order chi connectivity index (χ0) is 15.6. The van der Waals surface area contributed by atoms with Crippen LogP contribution in [0, 0.1) is 24.3 Å². The zero-order valence-electron chi connectivity index (χ0n) is 12.1. The van der Waals surface area contributed by atoms with Crippen LogP contribution in [0.15, 0.2) is 23.0 Å². The average molecular weight is 397 g/mol. The van der Waals surface area contributed by atoms with Crippen LogP contribution >= 0.6 is 22.6 Å². The fourth-order valence-corrected chi connectivity index (χ4v) is 2.73. The number of hydrogen-bond acceptors (Lipinski definition) is 3. The monoisotopic (exact) mass is 397 g/mol. The maximum Gasteiger partial charge on any atom is 0.254 e. The molecule has 5 nitrogen and oxygen atoms in total. The first-order valence-corrected chi connectivity index (χ1v) is 7.57. The van der Waals surface area contributed by atoms with Gasteiger partial charge >= 0.3 is 0 Å². The van der Waals surface area contributed by atoms with E-state index in [-0.39, 0.29) is 17.9 Å². The fraction of sp³-hybridized carbons (Fsp3) is 0.267. The van der Waals surface area contributed by atoms with Gasteiger partial charge in [-0.3, -0.25) is 9.59 Å². The van der Waals surface area contributed by atoms with Crippen molar-refractivity contribution in [2.75, 3.05) is 5.32 Å². The van der Waals surface area contributed by atoms with E-state index in [9.17, 15) is 9.59 Å².